The van der Waals surface area contributed by atoms with E-state index < -0.39 is 5.23 Å². The predicted molar refractivity (Wildman–Crippen MR) is 117 cm³/mol. The fourth-order valence-electron chi connectivity index (χ4n) is 3.24. The van der Waals surface area contributed by atoms with Gasteiger partial charge in [-0.15, -0.1) is 0 Å². The van der Waals surface area contributed by atoms with E-state index in [2.05, 4.69) is 15.9 Å². The van der Waals surface area contributed by atoms with Crippen molar-refractivity contribution in [3.63, 3.8) is 0 Å². The van der Waals surface area contributed by atoms with Crippen molar-refractivity contribution >= 4 is 32.6 Å². The monoisotopic (exact) mass is 467 g/mol. The van der Waals surface area contributed by atoms with Crippen molar-refractivity contribution in [1.82, 2.24) is 0 Å². The predicted octanol–water partition coefficient (Wildman–Crippen LogP) is 4.51. The highest BCUT2D eigenvalue weighted by atomic mass is 79.9. The third-order valence-corrected chi connectivity index (χ3v) is 5.31. The lowest BCUT2D eigenvalue weighted by atomic mass is 10.0. The second kappa shape index (κ2) is 8.41. The van der Waals surface area contributed by atoms with E-state index in [0.717, 1.165) is 15.6 Å². The number of hydrogen-bond acceptors (Lipinski definition) is 5. The van der Waals surface area contributed by atoms with Crippen molar-refractivity contribution in [1.29, 1.82) is 0 Å². The average Bonchev–Trinajstić information content (AvgIpc) is 2.73. The Morgan fingerprint density at radius 1 is 1.07 bits per heavy atom. The summed E-state index contributed by atoms with van der Waals surface area (Å²) in [5.41, 5.74) is 2.77. The maximum absolute atomic E-state index is 13.1. The standard InChI is InChI=1S/C23H18BrNO5/c1-14-22(16-4-6-17(24)7-5-16)23(26)20-11-10-19(12-21(20)30-14)29-13-15-2-8-18(9-3-15)25(27)28/h2-12,25,27H,13H2,1H3. The van der Waals surface area contributed by atoms with Crippen LogP contribution in [0.4, 0.5) is 5.69 Å². The molecule has 4 rings (SSSR count). The van der Waals surface area contributed by atoms with Gasteiger partial charge in [0, 0.05) is 22.7 Å². The quantitative estimate of drug-likeness (QED) is 0.421. The summed E-state index contributed by atoms with van der Waals surface area (Å²) in [5, 5.41) is 19.4. The molecular formula is C23H18BrNO5. The van der Waals surface area contributed by atoms with Crippen molar-refractivity contribution in [2.24, 2.45) is 0 Å². The molecule has 0 fully saturated rings. The Hall–Kier alpha value is -2.97. The first kappa shape index (κ1) is 20.3. The van der Waals surface area contributed by atoms with Crippen LogP contribution in [-0.2, 0) is 6.61 Å². The molecule has 1 aromatic heterocycles. The minimum absolute atomic E-state index is 0.0909. The molecular weight excluding hydrogens is 450 g/mol. The van der Waals surface area contributed by atoms with E-state index in [-0.39, 0.29) is 17.7 Å². The van der Waals surface area contributed by atoms with E-state index in [0.29, 0.717) is 28.0 Å². The minimum Gasteiger partial charge on any atom is -0.595 e. The molecule has 4 aromatic rings. The zero-order valence-electron chi connectivity index (χ0n) is 16.0. The lowest BCUT2D eigenvalue weighted by molar-refractivity contribution is -0.991. The summed E-state index contributed by atoms with van der Waals surface area (Å²) in [6, 6.07) is 19.1. The highest BCUT2D eigenvalue weighted by Gasteiger charge is 2.14. The van der Waals surface area contributed by atoms with Crippen LogP contribution in [0.25, 0.3) is 22.1 Å². The number of ether oxygens (including phenoxy) is 1. The highest BCUT2D eigenvalue weighted by Crippen LogP contribution is 2.27. The SMILES string of the molecule is Cc1oc2cc(OCc3ccc([NH+]([O-])O)cc3)ccc2c(=O)c1-c1ccc(Br)cc1. The van der Waals surface area contributed by atoms with E-state index in [1.165, 1.54) is 12.1 Å². The summed E-state index contributed by atoms with van der Waals surface area (Å²) < 4.78 is 12.7. The number of rotatable bonds is 5. The molecule has 0 saturated carbocycles. The van der Waals surface area contributed by atoms with Crippen LogP contribution in [0.5, 0.6) is 5.75 Å². The maximum atomic E-state index is 13.1. The van der Waals surface area contributed by atoms with Crippen molar-refractivity contribution in [2.45, 2.75) is 13.5 Å². The minimum atomic E-state index is -0.968. The van der Waals surface area contributed by atoms with Gasteiger partial charge in [-0.3, -0.25) is 4.79 Å². The number of halogens is 1. The van der Waals surface area contributed by atoms with Gasteiger partial charge in [-0.2, -0.15) is 5.23 Å². The Balaban J connectivity index is 1.61. The van der Waals surface area contributed by atoms with Gasteiger partial charge >= 0.3 is 0 Å². The first-order valence-electron chi connectivity index (χ1n) is 9.21. The van der Waals surface area contributed by atoms with Crippen molar-refractivity contribution in [3.05, 3.63) is 98.0 Å². The fourth-order valence-corrected chi connectivity index (χ4v) is 3.50. The molecule has 3 aromatic carbocycles. The van der Waals surface area contributed by atoms with Gasteiger partial charge < -0.3 is 14.4 Å². The number of nitrogens with one attached hydrogen (secondary N) is 1. The molecule has 1 atom stereocenters. The first-order chi connectivity index (χ1) is 14.4. The second-order valence-electron chi connectivity index (χ2n) is 6.82. The lowest BCUT2D eigenvalue weighted by Crippen LogP contribution is -2.99. The molecule has 0 saturated heterocycles. The first-order valence-corrected chi connectivity index (χ1v) is 10.00. The lowest BCUT2D eigenvalue weighted by Gasteiger charge is -2.12. The van der Waals surface area contributed by atoms with Crippen LogP contribution in [0.3, 0.4) is 0 Å². The summed E-state index contributed by atoms with van der Waals surface area (Å²) in [6.45, 7) is 2.04. The molecule has 0 bridgehead atoms. The van der Waals surface area contributed by atoms with Gasteiger partial charge in [-0.05, 0) is 54.4 Å². The summed E-state index contributed by atoms with van der Waals surface area (Å²) in [4.78, 5) is 13.1. The van der Waals surface area contributed by atoms with Crippen molar-refractivity contribution < 1.29 is 19.6 Å². The molecule has 1 heterocycles. The smallest absolute Gasteiger partial charge is 0.200 e. The molecule has 2 N–H and O–H groups in total. The Morgan fingerprint density at radius 3 is 2.43 bits per heavy atom. The number of fused-ring (bicyclic) bond motifs is 1. The zero-order chi connectivity index (χ0) is 21.3. The van der Waals surface area contributed by atoms with E-state index in [1.54, 1.807) is 37.3 Å². The van der Waals surface area contributed by atoms with Crippen LogP contribution in [0.15, 0.2) is 80.4 Å². The Labute approximate surface area is 180 Å². The Morgan fingerprint density at radius 2 is 1.77 bits per heavy atom. The van der Waals surface area contributed by atoms with Crippen molar-refractivity contribution in [3.8, 4) is 16.9 Å². The molecule has 0 aliphatic rings. The molecule has 30 heavy (non-hydrogen) atoms. The van der Waals surface area contributed by atoms with Gasteiger partial charge in [-0.25, -0.2) is 5.21 Å². The van der Waals surface area contributed by atoms with Crippen molar-refractivity contribution in [2.75, 3.05) is 0 Å². The van der Waals surface area contributed by atoms with Crippen LogP contribution in [0.1, 0.15) is 11.3 Å². The Kier molecular flexibility index (Phi) is 5.69. The third-order valence-electron chi connectivity index (χ3n) is 4.78. The number of quaternary nitrogens is 1. The van der Waals surface area contributed by atoms with E-state index in [1.807, 2.05) is 24.3 Å². The number of hydrogen-bond donors (Lipinski definition) is 2. The molecule has 0 radical (unpaired) electrons. The molecule has 6 nitrogen and oxygen atoms in total. The topological polar surface area (TPSA) is 87.2 Å². The summed E-state index contributed by atoms with van der Waals surface area (Å²) >= 11 is 3.40. The zero-order valence-corrected chi connectivity index (χ0v) is 17.6. The third kappa shape index (κ3) is 4.15. The van der Waals surface area contributed by atoms with Crippen LogP contribution < -0.4 is 15.4 Å². The fraction of sp³-hybridized carbons (Fsp3) is 0.0870. The second-order valence-corrected chi connectivity index (χ2v) is 7.73. The van der Waals surface area contributed by atoms with Gasteiger partial charge in [0.25, 0.3) is 0 Å². The Bertz CT molecular complexity index is 1250. The molecule has 0 spiro atoms. The van der Waals surface area contributed by atoms with Gasteiger partial charge in [0.15, 0.2) is 5.69 Å². The molecule has 7 heteroatoms. The molecule has 0 aliphatic heterocycles. The maximum Gasteiger partial charge on any atom is 0.200 e. The summed E-state index contributed by atoms with van der Waals surface area (Å²) in [6.07, 6.45) is 0. The number of benzene rings is 3. The summed E-state index contributed by atoms with van der Waals surface area (Å²) in [7, 11) is 0. The van der Waals surface area contributed by atoms with Crippen LogP contribution in [0, 0.1) is 12.1 Å². The van der Waals surface area contributed by atoms with E-state index in [4.69, 9.17) is 14.4 Å². The molecule has 1 unspecified atom stereocenters. The summed E-state index contributed by atoms with van der Waals surface area (Å²) in [5.74, 6) is 1.10. The highest BCUT2D eigenvalue weighted by molar-refractivity contribution is 9.10. The van der Waals surface area contributed by atoms with E-state index >= 15 is 0 Å². The van der Waals surface area contributed by atoms with Crippen LogP contribution in [-0.4, -0.2) is 5.21 Å². The van der Waals surface area contributed by atoms with Gasteiger partial charge in [0.2, 0.25) is 5.43 Å². The van der Waals surface area contributed by atoms with Crippen LogP contribution >= 0.6 is 15.9 Å². The van der Waals surface area contributed by atoms with Crippen LogP contribution in [0.2, 0.25) is 0 Å². The van der Waals surface area contributed by atoms with Gasteiger partial charge in [0.1, 0.15) is 23.7 Å². The van der Waals surface area contributed by atoms with Gasteiger partial charge in [0.05, 0.1) is 10.9 Å². The largest absolute Gasteiger partial charge is 0.595 e. The molecule has 152 valence electrons. The number of aryl methyl sites for hydroxylation is 1. The average molecular weight is 468 g/mol. The van der Waals surface area contributed by atoms with E-state index in [9.17, 15) is 10.0 Å². The van der Waals surface area contributed by atoms with Gasteiger partial charge in [-0.1, -0.05) is 28.1 Å². The molecule has 0 amide bonds. The molecule has 0 aliphatic carbocycles. The normalized spacial score (nSPS) is 12.1.